The van der Waals surface area contributed by atoms with Crippen LogP contribution >= 0.6 is 0 Å². The summed E-state index contributed by atoms with van der Waals surface area (Å²) in [5, 5.41) is 2.89. The molecule has 1 aromatic heterocycles. The lowest BCUT2D eigenvalue weighted by Gasteiger charge is -2.24. The second kappa shape index (κ2) is 7.08. The van der Waals surface area contributed by atoms with Crippen LogP contribution in [-0.4, -0.2) is 41.0 Å². The zero-order valence-electron chi connectivity index (χ0n) is 15.5. The van der Waals surface area contributed by atoms with Gasteiger partial charge in [0.15, 0.2) is 17.3 Å². The van der Waals surface area contributed by atoms with Crippen LogP contribution in [0.3, 0.4) is 0 Å². The summed E-state index contributed by atoms with van der Waals surface area (Å²) in [6.07, 6.45) is 4.12. The van der Waals surface area contributed by atoms with Gasteiger partial charge in [-0.2, -0.15) is 0 Å². The molecule has 1 fully saturated rings. The van der Waals surface area contributed by atoms with Crippen molar-refractivity contribution in [2.24, 2.45) is 7.05 Å². The Hall–Kier alpha value is -2.80. The normalized spacial score (nSPS) is 18.7. The number of hydrogen-bond acceptors (Lipinski definition) is 5. The molecule has 7 heteroatoms. The summed E-state index contributed by atoms with van der Waals surface area (Å²) < 4.78 is 12.8. The van der Waals surface area contributed by atoms with Gasteiger partial charge in [-0.25, -0.2) is 0 Å². The van der Waals surface area contributed by atoms with Crippen LogP contribution in [0, 0.1) is 0 Å². The molecule has 0 saturated carbocycles. The molecule has 1 aromatic carbocycles. The third-order valence-electron chi connectivity index (χ3n) is 5.20. The lowest BCUT2D eigenvalue weighted by molar-refractivity contribution is -0.117. The molecule has 7 nitrogen and oxygen atoms in total. The summed E-state index contributed by atoms with van der Waals surface area (Å²) in [6.45, 7) is 2.75. The molecule has 3 heterocycles. The molecule has 1 N–H and O–H groups in total. The number of anilines is 1. The average Bonchev–Trinajstić information content (AvgIpc) is 3.34. The van der Waals surface area contributed by atoms with Crippen LogP contribution in [0.15, 0.2) is 30.5 Å². The third kappa shape index (κ3) is 3.42. The highest BCUT2D eigenvalue weighted by Crippen LogP contribution is 2.37. The number of carbonyl (C=O) groups is 2. The minimum absolute atomic E-state index is 0.121. The molecule has 2 aliphatic heterocycles. The summed E-state index contributed by atoms with van der Waals surface area (Å²) in [4.78, 5) is 26.9. The Balaban J connectivity index is 1.50. The van der Waals surface area contributed by atoms with E-state index in [0.717, 1.165) is 19.4 Å². The van der Waals surface area contributed by atoms with Gasteiger partial charge < -0.3 is 19.4 Å². The number of amides is 1. The molecule has 1 unspecified atom stereocenters. The van der Waals surface area contributed by atoms with Crippen molar-refractivity contribution < 1.29 is 19.1 Å². The van der Waals surface area contributed by atoms with Crippen molar-refractivity contribution in [3.8, 4) is 11.5 Å². The zero-order valence-corrected chi connectivity index (χ0v) is 15.5. The number of aryl methyl sites for hydroxylation is 1. The van der Waals surface area contributed by atoms with Crippen molar-refractivity contribution in [3.05, 3.63) is 41.7 Å². The molecule has 0 bridgehead atoms. The molecular weight excluding hydrogens is 346 g/mol. The first kappa shape index (κ1) is 17.6. The van der Waals surface area contributed by atoms with E-state index in [9.17, 15) is 9.59 Å². The summed E-state index contributed by atoms with van der Waals surface area (Å²) in [7, 11) is 2.03. The Labute approximate surface area is 157 Å². The molecular formula is C20H23N3O4. The lowest BCUT2D eigenvalue weighted by atomic mass is 10.1. The molecule has 27 heavy (non-hydrogen) atoms. The van der Waals surface area contributed by atoms with Crippen LogP contribution in [0.2, 0.25) is 0 Å². The van der Waals surface area contributed by atoms with Crippen LogP contribution in [0.5, 0.6) is 11.5 Å². The van der Waals surface area contributed by atoms with Crippen molar-refractivity contribution >= 4 is 17.4 Å². The minimum atomic E-state index is -0.141. The monoisotopic (exact) mass is 369 g/mol. The van der Waals surface area contributed by atoms with E-state index in [2.05, 4.69) is 20.9 Å². The van der Waals surface area contributed by atoms with Crippen LogP contribution in [0.25, 0.3) is 0 Å². The third-order valence-corrected chi connectivity index (χ3v) is 5.20. The Bertz CT molecular complexity index is 889. The topological polar surface area (TPSA) is 72.8 Å². The summed E-state index contributed by atoms with van der Waals surface area (Å²) in [5.41, 5.74) is 2.10. The quantitative estimate of drug-likeness (QED) is 0.821. The van der Waals surface area contributed by atoms with Crippen LogP contribution < -0.4 is 14.8 Å². The van der Waals surface area contributed by atoms with Crippen LogP contribution in [-0.2, 0) is 11.8 Å². The van der Waals surface area contributed by atoms with E-state index in [-0.39, 0.29) is 31.1 Å². The first-order valence-electron chi connectivity index (χ1n) is 9.12. The predicted molar refractivity (Wildman–Crippen MR) is 100 cm³/mol. The number of carbonyl (C=O) groups excluding carboxylic acids is 2. The number of benzene rings is 1. The van der Waals surface area contributed by atoms with Gasteiger partial charge in [-0.3, -0.25) is 14.5 Å². The van der Waals surface area contributed by atoms with Gasteiger partial charge in [0.05, 0.1) is 18.3 Å². The number of Topliss-reactive ketones (excluding diaryl/α,β-unsaturated/α-hetero) is 1. The summed E-state index contributed by atoms with van der Waals surface area (Å²) in [6, 6.07) is 7.66. The fourth-order valence-electron chi connectivity index (χ4n) is 3.88. The number of likely N-dealkylation sites (tertiary alicyclic amines) is 1. The van der Waals surface area contributed by atoms with E-state index in [1.54, 1.807) is 12.1 Å². The maximum absolute atomic E-state index is 12.7. The van der Waals surface area contributed by atoms with Gasteiger partial charge in [-0.05, 0) is 44.5 Å². The number of fused-ring (bicyclic) bond motifs is 1. The van der Waals surface area contributed by atoms with E-state index in [4.69, 9.17) is 9.47 Å². The Morgan fingerprint density at radius 3 is 2.74 bits per heavy atom. The number of nitrogens with zero attached hydrogens (tertiary/aromatic N) is 2. The lowest BCUT2D eigenvalue weighted by Crippen LogP contribution is -2.33. The highest BCUT2D eigenvalue weighted by atomic mass is 16.7. The molecule has 2 aromatic rings. The minimum Gasteiger partial charge on any atom is -0.454 e. The van der Waals surface area contributed by atoms with Gasteiger partial charge in [0, 0.05) is 30.6 Å². The number of nitrogens with one attached hydrogen (secondary N) is 1. The zero-order chi connectivity index (χ0) is 19.0. The molecule has 0 aliphatic carbocycles. The average molecular weight is 369 g/mol. The Kier molecular flexibility index (Phi) is 4.61. The second-order valence-electron chi connectivity index (χ2n) is 7.03. The van der Waals surface area contributed by atoms with Gasteiger partial charge in [0.2, 0.25) is 12.7 Å². The molecule has 4 rings (SSSR count). The Morgan fingerprint density at radius 2 is 2.04 bits per heavy atom. The number of aromatic nitrogens is 1. The summed E-state index contributed by atoms with van der Waals surface area (Å²) in [5.74, 6) is 0.795. The molecule has 1 saturated heterocycles. The van der Waals surface area contributed by atoms with Gasteiger partial charge in [-0.1, -0.05) is 0 Å². The van der Waals surface area contributed by atoms with Gasteiger partial charge >= 0.3 is 0 Å². The predicted octanol–water partition coefficient (Wildman–Crippen LogP) is 2.73. The smallest absolute Gasteiger partial charge is 0.238 e. The molecule has 142 valence electrons. The van der Waals surface area contributed by atoms with E-state index >= 15 is 0 Å². The number of ketones is 1. The van der Waals surface area contributed by atoms with Crippen LogP contribution in [0.4, 0.5) is 5.69 Å². The molecule has 1 atom stereocenters. The van der Waals surface area contributed by atoms with Crippen molar-refractivity contribution in [1.29, 1.82) is 0 Å². The largest absolute Gasteiger partial charge is 0.454 e. The van der Waals surface area contributed by atoms with E-state index < -0.39 is 0 Å². The van der Waals surface area contributed by atoms with E-state index in [0.29, 0.717) is 22.7 Å². The standard InChI is InChI=1S/C20H23N3O4/c1-13(24)14-9-18-19(27-12-26-18)10-15(14)21-20(25)11-23-8-4-6-17(23)16-5-3-7-22(16)2/h3,5,7,9-10,17H,4,6,8,11-12H2,1-2H3,(H,21,25). The van der Waals surface area contributed by atoms with Gasteiger partial charge in [-0.15, -0.1) is 0 Å². The summed E-state index contributed by atoms with van der Waals surface area (Å²) >= 11 is 0. The maximum atomic E-state index is 12.7. The fourth-order valence-corrected chi connectivity index (χ4v) is 3.88. The first-order valence-corrected chi connectivity index (χ1v) is 9.12. The number of ether oxygens (including phenoxy) is 2. The van der Waals surface area contributed by atoms with Crippen molar-refractivity contribution in [2.45, 2.75) is 25.8 Å². The second-order valence-corrected chi connectivity index (χ2v) is 7.03. The molecule has 0 spiro atoms. The number of rotatable bonds is 5. The molecule has 1 amide bonds. The molecule has 0 radical (unpaired) electrons. The van der Waals surface area contributed by atoms with E-state index in [1.807, 2.05) is 19.3 Å². The van der Waals surface area contributed by atoms with E-state index in [1.165, 1.54) is 12.6 Å². The molecule has 2 aliphatic rings. The van der Waals surface area contributed by atoms with Gasteiger partial charge in [0.1, 0.15) is 0 Å². The van der Waals surface area contributed by atoms with Crippen molar-refractivity contribution in [2.75, 3.05) is 25.2 Å². The van der Waals surface area contributed by atoms with Crippen LogP contribution in [0.1, 0.15) is 41.9 Å². The Morgan fingerprint density at radius 1 is 1.26 bits per heavy atom. The highest BCUT2D eigenvalue weighted by Gasteiger charge is 2.29. The first-order chi connectivity index (χ1) is 13.0. The number of hydrogen-bond donors (Lipinski definition) is 1. The van der Waals surface area contributed by atoms with Crippen molar-refractivity contribution in [3.63, 3.8) is 0 Å². The maximum Gasteiger partial charge on any atom is 0.238 e. The van der Waals surface area contributed by atoms with Gasteiger partial charge in [0.25, 0.3) is 0 Å². The highest BCUT2D eigenvalue weighted by molar-refractivity contribution is 6.05. The fraction of sp³-hybridized carbons (Fsp3) is 0.400. The van der Waals surface area contributed by atoms with Crippen molar-refractivity contribution in [1.82, 2.24) is 9.47 Å². The SMILES string of the molecule is CC(=O)c1cc2c(cc1NC(=O)CN1CCCC1c1cccn1C)OCO2.